The van der Waals surface area contributed by atoms with Gasteiger partial charge < -0.3 is 5.32 Å². The van der Waals surface area contributed by atoms with Gasteiger partial charge in [-0.1, -0.05) is 12.2 Å². The zero-order valence-electron chi connectivity index (χ0n) is 7.85. The Morgan fingerprint density at radius 1 is 1.36 bits per heavy atom. The summed E-state index contributed by atoms with van der Waals surface area (Å²) < 4.78 is 0. The summed E-state index contributed by atoms with van der Waals surface area (Å²) in [4.78, 5) is 0. The van der Waals surface area contributed by atoms with E-state index in [1.807, 2.05) is 0 Å². The van der Waals surface area contributed by atoms with E-state index >= 15 is 0 Å². The minimum Gasteiger partial charge on any atom is -0.309 e. The molecule has 64 valence electrons. The van der Waals surface area contributed by atoms with Crippen LogP contribution in [0.1, 0.15) is 33.6 Å². The van der Waals surface area contributed by atoms with Crippen LogP contribution in [0.5, 0.6) is 0 Å². The molecule has 1 rings (SSSR count). The normalized spacial score (nSPS) is 19.5. The van der Waals surface area contributed by atoms with Gasteiger partial charge in [-0.2, -0.15) is 0 Å². The molecule has 0 unspecified atom stereocenters. The minimum absolute atomic E-state index is 0.258. The fourth-order valence-corrected chi connectivity index (χ4v) is 0.914. The third-order valence-electron chi connectivity index (χ3n) is 1.78. The number of rotatable bonds is 3. The average molecular weight is 153 g/mol. The summed E-state index contributed by atoms with van der Waals surface area (Å²) in [6.07, 6.45) is 7.40. The molecule has 0 spiro atoms. The van der Waals surface area contributed by atoms with Crippen LogP contribution in [0, 0.1) is 5.92 Å². The van der Waals surface area contributed by atoms with Crippen molar-refractivity contribution in [1.82, 2.24) is 5.32 Å². The van der Waals surface area contributed by atoms with Crippen LogP contribution in [0.4, 0.5) is 0 Å². The lowest BCUT2D eigenvalue weighted by Crippen LogP contribution is -2.35. The molecule has 1 N–H and O–H groups in total. The molecule has 1 aliphatic carbocycles. The van der Waals surface area contributed by atoms with Crippen molar-refractivity contribution in [1.29, 1.82) is 0 Å². The first-order valence-corrected chi connectivity index (χ1v) is 4.49. The van der Waals surface area contributed by atoms with Crippen molar-refractivity contribution in [2.45, 2.75) is 39.2 Å². The van der Waals surface area contributed by atoms with E-state index in [0.717, 1.165) is 12.5 Å². The number of hydrogen-bond acceptors (Lipinski definition) is 1. The van der Waals surface area contributed by atoms with E-state index in [1.165, 1.54) is 12.8 Å². The molecule has 1 aliphatic rings. The summed E-state index contributed by atoms with van der Waals surface area (Å²) in [5.41, 5.74) is 0.258. The maximum atomic E-state index is 3.42. The van der Waals surface area contributed by atoms with Crippen LogP contribution in [0.2, 0.25) is 0 Å². The Kier molecular flexibility index (Phi) is 2.72. The fraction of sp³-hybridized carbons (Fsp3) is 0.800. The number of hydrogen-bond donors (Lipinski definition) is 1. The van der Waals surface area contributed by atoms with Crippen molar-refractivity contribution in [3.8, 4) is 0 Å². The molecule has 0 aliphatic heterocycles. The summed E-state index contributed by atoms with van der Waals surface area (Å²) in [6.45, 7) is 7.59. The Bertz CT molecular complexity index is 137. The van der Waals surface area contributed by atoms with Gasteiger partial charge in [0.1, 0.15) is 0 Å². The van der Waals surface area contributed by atoms with Gasteiger partial charge in [-0.25, -0.2) is 0 Å². The first-order valence-electron chi connectivity index (χ1n) is 4.49. The Hall–Kier alpha value is -0.300. The van der Waals surface area contributed by atoms with E-state index < -0.39 is 0 Å². The molecule has 0 aromatic carbocycles. The second-order valence-electron chi connectivity index (χ2n) is 4.40. The van der Waals surface area contributed by atoms with Crippen molar-refractivity contribution in [3.63, 3.8) is 0 Å². The minimum atomic E-state index is 0.258. The monoisotopic (exact) mass is 153 g/mol. The topological polar surface area (TPSA) is 12.0 Å². The second-order valence-corrected chi connectivity index (χ2v) is 4.40. The van der Waals surface area contributed by atoms with Gasteiger partial charge in [0, 0.05) is 12.1 Å². The Labute approximate surface area is 69.9 Å². The first-order chi connectivity index (χ1) is 5.08. The van der Waals surface area contributed by atoms with Gasteiger partial charge in [-0.05, 0) is 39.5 Å². The lowest BCUT2D eigenvalue weighted by atomic mass is 10.1. The van der Waals surface area contributed by atoms with E-state index in [0.29, 0.717) is 0 Å². The maximum absolute atomic E-state index is 3.42. The molecule has 1 heteroatoms. The van der Waals surface area contributed by atoms with E-state index in [-0.39, 0.29) is 5.54 Å². The lowest BCUT2D eigenvalue weighted by Gasteiger charge is -2.18. The van der Waals surface area contributed by atoms with Gasteiger partial charge in [-0.3, -0.25) is 0 Å². The molecular weight excluding hydrogens is 134 g/mol. The largest absolute Gasteiger partial charge is 0.309 e. The summed E-state index contributed by atoms with van der Waals surface area (Å²) in [6, 6.07) is 0. The second kappa shape index (κ2) is 3.40. The predicted octanol–water partition coefficient (Wildman–Crippen LogP) is 2.34. The molecule has 1 saturated carbocycles. The van der Waals surface area contributed by atoms with Crippen LogP contribution in [-0.4, -0.2) is 12.1 Å². The predicted molar refractivity (Wildman–Crippen MR) is 49.6 cm³/mol. The number of nitrogens with one attached hydrogen (secondary N) is 1. The van der Waals surface area contributed by atoms with Crippen LogP contribution < -0.4 is 5.32 Å². The lowest BCUT2D eigenvalue weighted by molar-refractivity contribution is 0.449. The van der Waals surface area contributed by atoms with Gasteiger partial charge in [0.25, 0.3) is 0 Å². The third kappa shape index (κ3) is 5.02. The highest BCUT2D eigenvalue weighted by Crippen LogP contribution is 2.29. The molecule has 1 nitrogen and oxygen atoms in total. The highest BCUT2D eigenvalue weighted by Gasteiger charge is 2.16. The summed E-state index contributed by atoms with van der Waals surface area (Å²) in [5.74, 6) is 0.914. The van der Waals surface area contributed by atoms with Crippen molar-refractivity contribution >= 4 is 0 Å². The molecule has 0 aromatic heterocycles. The smallest absolute Gasteiger partial charge is 0.0139 e. The molecule has 0 amide bonds. The van der Waals surface area contributed by atoms with E-state index in [2.05, 4.69) is 38.2 Å². The van der Waals surface area contributed by atoms with E-state index in [9.17, 15) is 0 Å². The van der Waals surface area contributed by atoms with Crippen LogP contribution in [0.15, 0.2) is 12.2 Å². The summed E-state index contributed by atoms with van der Waals surface area (Å²) in [5, 5.41) is 3.42. The van der Waals surface area contributed by atoms with Gasteiger partial charge in [0.15, 0.2) is 0 Å². The van der Waals surface area contributed by atoms with Crippen LogP contribution in [0.3, 0.4) is 0 Å². The molecule has 0 atom stereocenters. The van der Waals surface area contributed by atoms with Crippen molar-refractivity contribution in [3.05, 3.63) is 12.2 Å². The van der Waals surface area contributed by atoms with Crippen LogP contribution in [0.25, 0.3) is 0 Å². The standard InChI is InChI=1S/C10H19N/c1-10(2,3)11-8-4-5-9-6-7-9/h4-5,9,11H,6-8H2,1-3H3. The van der Waals surface area contributed by atoms with E-state index in [1.54, 1.807) is 0 Å². The summed E-state index contributed by atoms with van der Waals surface area (Å²) in [7, 11) is 0. The molecule has 0 aromatic rings. The molecule has 0 bridgehead atoms. The third-order valence-corrected chi connectivity index (χ3v) is 1.78. The Morgan fingerprint density at radius 3 is 2.45 bits per heavy atom. The van der Waals surface area contributed by atoms with Gasteiger partial charge in [-0.15, -0.1) is 0 Å². The molecule has 0 radical (unpaired) electrons. The molecule has 1 fully saturated rings. The molecular formula is C10H19N. The highest BCUT2D eigenvalue weighted by molar-refractivity contribution is 4.97. The average Bonchev–Trinajstić information content (AvgIpc) is 2.60. The van der Waals surface area contributed by atoms with Crippen LogP contribution >= 0.6 is 0 Å². The number of allylic oxidation sites excluding steroid dienone is 1. The van der Waals surface area contributed by atoms with Gasteiger partial charge in [0.2, 0.25) is 0 Å². The van der Waals surface area contributed by atoms with Gasteiger partial charge in [0.05, 0.1) is 0 Å². The highest BCUT2D eigenvalue weighted by atomic mass is 14.9. The maximum Gasteiger partial charge on any atom is 0.0139 e. The van der Waals surface area contributed by atoms with Crippen molar-refractivity contribution in [2.24, 2.45) is 5.92 Å². The zero-order chi connectivity index (χ0) is 8.32. The van der Waals surface area contributed by atoms with Crippen molar-refractivity contribution in [2.75, 3.05) is 6.54 Å². The quantitative estimate of drug-likeness (QED) is 0.614. The Balaban J connectivity index is 2.02. The van der Waals surface area contributed by atoms with Crippen molar-refractivity contribution < 1.29 is 0 Å². The summed E-state index contributed by atoms with van der Waals surface area (Å²) >= 11 is 0. The molecule has 0 heterocycles. The zero-order valence-corrected chi connectivity index (χ0v) is 7.85. The van der Waals surface area contributed by atoms with E-state index in [4.69, 9.17) is 0 Å². The van der Waals surface area contributed by atoms with Crippen LogP contribution in [-0.2, 0) is 0 Å². The SMILES string of the molecule is CC(C)(C)NCC=CC1CC1. The molecule has 11 heavy (non-hydrogen) atoms. The Morgan fingerprint density at radius 2 is 2.00 bits per heavy atom. The fourth-order valence-electron chi connectivity index (χ4n) is 0.914. The van der Waals surface area contributed by atoms with Gasteiger partial charge >= 0.3 is 0 Å². The first kappa shape index (κ1) is 8.79. The molecule has 0 saturated heterocycles.